The second-order valence-electron chi connectivity index (χ2n) is 5.63. The first-order valence-corrected chi connectivity index (χ1v) is 7.01. The lowest BCUT2D eigenvalue weighted by atomic mass is 9.99. The van der Waals surface area contributed by atoms with E-state index in [0.717, 1.165) is 18.5 Å². The van der Waals surface area contributed by atoms with Crippen LogP contribution >= 0.6 is 0 Å². The van der Waals surface area contributed by atoms with Crippen molar-refractivity contribution in [3.8, 4) is 0 Å². The van der Waals surface area contributed by atoms with Gasteiger partial charge in [-0.15, -0.1) is 0 Å². The van der Waals surface area contributed by atoms with Crippen LogP contribution in [0, 0.1) is 5.92 Å². The summed E-state index contributed by atoms with van der Waals surface area (Å²) in [4.78, 5) is 13.5. The molecule has 2 aliphatic heterocycles. The minimum Gasteiger partial charge on any atom is -0.354 e. The number of hydrogen-bond donors (Lipinski definition) is 2. The first-order chi connectivity index (χ1) is 10.0. The number of carbonyl (C=O) groups is 1. The van der Waals surface area contributed by atoms with E-state index in [1.165, 1.54) is 0 Å². The van der Waals surface area contributed by atoms with Crippen LogP contribution < -0.4 is 5.32 Å². The molecule has 7 nitrogen and oxygen atoms in total. The van der Waals surface area contributed by atoms with Gasteiger partial charge in [-0.05, 0) is 19.3 Å². The zero-order valence-electron chi connectivity index (χ0n) is 12.2. The molecule has 0 bridgehead atoms. The number of aromatic amines is 1. The van der Waals surface area contributed by atoms with E-state index < -0.39 is 0 Å². The van der Waals surface area contributed by atoms with Gasteiger partial charge in [0.15, 0.2) is 0 Å². The topological polar surface area (TPSA) is 83.1 Å². The van der Waals surface area contributed by atoms with E-state index in [1.54, 1.807) is 19.3 Å². The third-order valence-corrected chi connectivity index (χ3v) is 3.99. The maximum atomic E-state index is 11.6. The van der Waals surface area contributed by atoms with Crippen LogP contribution in [0.3, 0.4) is 0 Å². The van der Waals surface area contributed by atoms with Gasteiger partial charge in [-0.3, -0.25) is 4.79 Å². The molecule has 1 aromatic heterocycles. The van der Waals surface area contributed by atoms with Crippen molar-refractivity contribution >= 4 is 5.91 Å². The number of nitrogens with zero attached hydrogens (tertiary/aromatic N) is 3. The molecule has 0 saturated carbocycles. The van der Waals surface area contributed by atoms with Crippen LogP contribution in [-0.4, -0.2) is 38.5 Å². The second-order valence-corrected chi connectivity index (χ2v) is 5.63. The number of amides is 1. The molecule has 3 atom stereocenters. The van der Waals surface area contributed by atoms with Crippen LogP contribution in [0.2, 0.25) is 0 Å². The summed E-state index contributed by atoms with van der Waals surface area (Å²) in [7, 11) is 0. The summed E-state index contributed by atoms with van der Waals surface area (Å²) in [5, 5.41) is 13.2. The van der Waals surface area contributed by atoms with Crippen LogP contribution in [0.15, 0.2) is 30.4 Å². The highest BCUT2D eigenvalue weighted by atomic mass is 16.5. The minimum atomic E-state index is -0.111. The fourth-order valence-corrected chi connectivity index (χ4v) is 2.72. The number of nitrogens with one attached hydrogen (secondary N) is 2. The molecule has 1 amide bonds. The summed E-state index contributed by atoms with van der Waals surface area (Å²) >= 11 is 0. The molecule has 3 unspecified atom stereocenters. The SMILES string of the molecule is C=C1NC(=O)C(C)=CN1C1CC(C)C(Cc2cn[nH]n2)O1. The van der Waals surface area contributed by atoms with E-state index in [-0.39, 0.29) is 18.2 Å². The van der Waals surface area contributed by atoms with Crippen molar-refractivity contribution in [2.45, 2.75) is 39.0 Å². The lowest BCUT2D eigenvalue weighted by Crippen LogP contribution is -2.42. The molecule has 0 radical (unpaired) electrons. The third-order valence-electron chi connectivity index (χ3n) is 3.99. The van der Waals surface area contributed by atoms with E-state index in [0.29, 0.717) is 17.3 Å². The highest BCUT2D eigenvalue weighted by Gasteiger charge is 2.37. The molecule has 3 heterocycles. The first kappa shape index (κ1) is 13.8. The Balaban J connectivity index is 1.70. The van der Waals surface area contributed by atoms with Crippen molar-refractivity contribution in [2.24, 2.45) is 5.92 Å². The maximum absolute atomic E-state index is 11.6. The van der Waals surface area contributed by atoms with E-state index in [9.17, 15) is 4.79 Å². The summed E-state index contributed by atoms with van der Waals surface area (Å²) in [6.07, 6.45) is 5.09. The first-order valence-electron chi connectivity index (χ1n) is 7.01. The Kier molecular flexibility index (Phi) is 3.50. The fourth-order valence-electron chi connectivity index (χ4n) is 2.72. The van der Waals surface area contributed by atoms with Gasteiger partial charge >= 0.3 is 0 Å². The molecule has 3 rings (SSSR count). The molecule has 1 saturated heterocycles. The zero-order valence-corrected chi connectivity index (χ0v) is 12.2. The average Bonchev–Trinajstić information content (AvgIpc) is 3.05. The average molecular weight is 289 g/mol. The molecule has 2 aliphatic rings. The Bertz CT molecular complexity index is 580. The number of H-pyrrole nitrogens is 1. The standard InChI is InChI=1S/C14H19N5O2/c1-8-4-13(19-7-9(2)14(20)16-10(19)3)21-12(8)5-11-6-15-18-17-11/h6-8,12-13H,3-5H2,1-2H3,(H,16,20)(H,15,17,18). The number of ether oxygens (including phenoxy) is 1. The molecule has 0 spiro atoms. The van der Waals surface area contributed by atoms with Crippen molar-refractivity contribution < 1.29 is 9.53 Å². The van der Waals surface area contributed by atoms with Gasteiger partial charge < -0.3 is 15.0 Å². The monoisotopic (exact) mass is 289 g/mol. The molecule has 21 heavy (non-hydrogen) atoms. The summed E-state index contributed by atoms with van der Waals surface area (Å²) in [5.41, 5.74) is 1.55. The normalized spacial score (nSPS) is 29.5. The van der Waals surface area contributed by atoms with Crippen LogP contribution in [0.5, 0.6) is 0 Å². The van der Waals surface area contributed by atoms with Crippen molar-refractivity contribution in [1.29, 1.82) is 0 Å². The Morgan fingerprint density at radius 2 is 2.38 bits per heavy atom. The van der Waals surface area contributed by atoms with Crippen molar-refractivity contribution in [3.05, 3.63) is 36.1 Å². The Hall–Kier alpha value is -2.15. The molecular weight excluding hydrogens is 270 g/mol. The maximum Gasteiger partial charge on any atom is 0.253 e. The van der Waals surface area contributed by atoms with Gasteiger partial charge in [0.1, 0.15) is 12.0 Å². The highest BCUT2D eigenvalue weighted by Crippen LogP contribution is 2.32. The van der Waals surface area contributed by atoms with Gasteiger partial charge in [0.25, 0.3) is 5.91 Å². The second kappa shape index (κ2) is 5.33. The number of aromatic nitrogens is 3. The van der Waals surface area contributed by atoms with Gasteiger partial charge in [-0.25, -0.2) is 0 Å². The Labute approximate surface area is 123 Å². The zero-order chi connectivity index (χ0) is 15.0. The van der Waals surface area contributed by atoms with E-state index in [4.69, 9.17) is 4.74 Å². The largest absolute Gasteiger partial charge is 0.354 e. The molecule has 112 valence electrons. The van der Waals surface area contributed by atoms with Crippen LogP contribution in [-0.2, 0) is 16.0 Å². The van der Waals surface area contributed by atoms with Crippen LogP contribution in [0.25, 0.3) is 0 Å². The van der Waals surface area contributed by atoms with E-state index in [1.807, 2.05) is 4.90 Å². The van der Waals surface area contributed by atoms with Crippen LogP contribution in [0.4, 0.5) is 0 Å². The third kappa shape index (κ3) is 2.69. The van der Waals surface area contributed by atoms with Crippen LogP contribution in [0.1, 0.15) is 26.0 Å². The lowest BCUT2D eigenvalue weighted by Gasteiger charge is -2.32. The van der Waals surface area contributed by atoms with Crippen molar-refractivity contribution in [2.75, 3.05) is 0 Å². The lowest BCUT2D eigenvalue weighted by molar-refractivity contribution is -0.118. The molecule has 0 aliphatic carbocycles. The smallest absolute Gasteiger partial charge is 0.253 e. The summed E-state index contributed by atoms with van der Waals surface area (Å²) in [5.74, 6) is 0.845. The Morgan fingerprint density at radius 3 is 3.10 bits per heavy atom. The quantitative estimate of drug-likeness (QED) is 0.864. The molecule has 7 heteroatoms. The molecule has 1 aromatic rings. The number of carbonyl (C=O) groups excluding carboxylic acids is 1. The molecule has 1 fully saturated rings. The highest BCUT2D eigenvalue weighted by molar-refractivity contribution is 5.94. The number of hydrogen-bond acceptors (Lipinski definition) is 5. The Morgan fingerprint density at radius 1 is 1.57 bits per heavy atom. The van der Waals surface area contributed by atoms with E-state index >= 15 is 0 Å². The van der Waals surface area contributed by atoms with Gasteiger partial charge in [0, 0.05) is 18.2 Å². The van der Waals surface area contributed by atoms with Gasteiger partial charge in [-0.1, -0.05) is 13.5 Å². The van der Waals surface area contributed by atoms with Gasteiger partial charge in [0.2, 0.25) is 0 Å². The predicted molar refractivity (Wildman–Crippen MR) is 75.4 cm³/mol. The predicted octanol–water partition coefficient (Wildman–Crippen LogP) is 0.905. The summed E-state index contributed by atoms with van der Waals surface area (Å²) < 4.78 is 6.13. The summed E-state index contributed by atoms with van der Waals surface area (Å²) in [6.45, 7) is 7.83. The molecular formula is C14H19N5O2. The fraction of sp³-hybridized carbons (Fsp3) is 0.500. The number of rotatable bonds is 3. The molecule has 0 aromatic carbocycles. The van der Waals surface area contributed by atoms with Crippen molar-refractivity contribution in [1.82, 2.24) is 25.6 Å². The van der Waals surface area contributed by atoms with Gasteiger partial charge in [0.05, 0.1) is 18.0 Å². The minimum absolute atomic E-state index is 0.0826. The summed E-state index contributed by atoms with van der Waals surface area (Å²) in [6, 6.07) is 0. The molecule has 2 N–H and O–H groups in total. The van der Waals surface area contributed by atoms with Crippen molar-refractivity contribution in [3.63, 3.8) is 0 Å². The van der Waals surface area contributed by atoms with Gasteiger partial charge in [-0.2, -0.15) is 15.4 Å². The van der Waals surface area contributed by atoms with E-state index in [2.05, 4.69) is 34.2 Å².